The second-order valence-corrected chi connectivity index (χ2v) is 15.5. The van der Waals surface area contributed by atoms with Gasteiger partial charge in [0.25, 0.3) is 5.91 Å². The highest BCUT2D eigenvalue weighted by Gasteiger charge is 2.69. The fourth-order valence-corrected chi connectivity index (χ4v) is 11.6. The van der Waals surface area contributed by atoms with Crippen molar-refractivity contribution >= 4 is 63.0 Å². The summed E-state index contributed by atoms with van der Waals surface area (Å²) in [6, 6.07) is 29.1. The number of hydrogen-bond donors (Lipinski definition) is 2. The summed E-state index contributed by atoms with van der Waals surface area (Å²) in [5.74, 6) is -0.447. The summed E-state index contributed by atoms with van der Waals surface area (Å²) in [5.41, 5.74) is 3.46. The number of nitrogens with zero attached hydrogens (tertiary/aromatic N) is 1. The van der Waals surface area contributed by atoms with Crippen LogP contribution in [0.4, 0.5) is 11.4 Å². The van der Waals surface area contributed by atoms with Gasteiger partial charge in [-0.05, 0) is 83.8 Å². The Morgan fingerprint density at radius 2 is 1.62 bits per heavy atom. The van der Waals surface area contributed by atoms with Gasteiger partial charge in [0.2, 0.25) is 11.8 Å². The quantitative estimate of drug-likeness (QED) is 0.197. The van der Waals surface area contributed by atoms with Crippen LogP contribution in [0.15, 0.2) is 101 Å². The van der Waals surface area contributed by atoms with Gasteiger partial charge in [0.05, 0.1) is 22.5 Å². The van der Waals surface area contributed by atoms with Crippen molar-refractivity contribution in [3.8, 4) is 5.75 Å². The molecule has 240 valence electrons. The number of carbonyl (C=O) groups excluding carboxylic acids is 3. The van der Waals surface area contributed by atoms with Crippen molar-refractivity contribution in [2.75, 3.05) is 16.8 Å². The number of imide groups is 1. The molecule has 5 aromatic rings. The first-order valence-corrected chi connectivity index (χ1v) is 17.9. The predicted molar refractivity (Wildman–Crippen MR) is 187 cm³/mol. The van der Waals surface area contributed by atoms with Crippen molar-refractivity contribution in [2.24, 2.45) is 29.6 Å². The number of ether oxygens (including phenoxy) is 1. The number of anilines is 2. The number of aryl methyl sites for hydroxylation is 1. The Morgan fingerprint density at radius 1 is 0.896 bits per heavy atom. The van der Waals surface area contributed by atoms with Crippen molar-refractivity contribution in [1.29, 1.82) is 0 Å². The second-order valence-electron chi connectivity index (χ2n) is 13.3. The summed E-state index contributed by atoms with van der Waals surface area (Å²) >= 11 is 2.92. The standard InChI is InChI=1S/C38H31N3O5S2/c1-19-6-12-24(13-7-19)41-36(43)31-26-17-27(32(31)37(41)44)33-30(26)29(34-35(47-33)40-38(45)48-34)21-9-14-25(15-10-21)46-18-28(42)39-23-11-8-20-4-2-3-5-22(20)16-23/h2-16,26-27,29-33H,17-18H2,1H3,(H,39,42)(H,40,45)/t26?,27?,29-,30?,31?,32?,33?/m1/s1. The normalized spacial score (nSPS) is 26.8. The lowest BCUT2D eigenvalue weighted by Gasteiger charge is -2.43. The maximum absolute atomic E-state index is 14.0. The number of thiazole rings is 1. The highest BCUT2D eigenvalue weighted by atomic mass is 32.2. The summed E-state index contributed by atoms with van der Waals surface area (Å²) in [5, 5.41) is 6.05. The molecule has 2 N–H and O–H groups in total. The van der Waals surface area contributed by atoms with Crippen LogP contribution in [-0.2, 0) is 14.4 Å². The maximum atomic E-state index is 14.0. The van der Waals surface area contributed by atoms with Gasteiger partial charge in [0.15, 0.2) is 6.61 Å². The van der Waals surface area contributed by atoms with Gasteiger partial charge in [-0.15, -0.1) is 11.8 Å². The van der Waals surface area contributed by atoms with Crippen LogP contribution in [-0.4, -0.2) is 34.6 Å². The molecule has 3 heterocycles. The van der Waals surface area contributed by atoms with E-state index in [9.17, 15) is 19.2 Å². The van der Waals surface area contributed by atoms with E-state index in [0.717, 1.165) is 38.2 Å². The van der Waals surface area contributed by atoms with Gasteiger partial charge in [-0.3, -0.25) is 24.1 Å². The third-order valence-corrected chi connectivity index (χ3v) is 13.2. The molecule has 10 heteroatoms. The molecular formula is C38H31N3O5S2. The number of rotatable bonds is 6. The van der Waals surface area contributed by atoms with Crippen molar-refractivity contribution < 1.29 is 19.1 Å². The average molecular weight is 674 g/mol. The van der Waals surface area contributed by atoms with Gasteiger partial charge in [0, 0.05) is 21.7 Å². The Hall–Kier alpha value is -4.67. The van der Waals surface area contributed by atoms with Crippen LogP contribution in [0.1, 0.15) is 28.3 Å². The third-order valence-electron chi connectivity index (χ3n) is 10.7. The van der Waals surface area contributed by atoms with Gasteiger partial charge in [0.1, 0.15) is 5.75 Å². The number of thioether (sulfide) groups is 1. The molecule has 4 aromatic carbocycles. The second kappa shape index (κ2) is 11.2. The van der Waals surface area contributed by atoms with Crippen LogP contribution in [0.5, 0.6) is 5.75 Å². The van der Waals surface area contributed by atoms with Crippen LogP contribution in [0.2, 0.25) is 0 Å². The molecule has 3 amide bonds. The van der Waals surface area contributed by atoms with Crippen LogP contribution in [0.25, 0.3) is 10.8 Å². The van der Waals surface area contributed by atoms with E-state index in [1.165, 1.54) is 16.2 Å². The van der Waals surface area contributed by atoms with E-state index in [-0.39, 0.29) is 70.0 Å². The molecule has 4 aliphatic rings. The van der Waals surface area contributed by atoms with E-state index in [0.29, 0.717) is 17.1 Å². The number of aromatic nitrogens is 1. The number of amides is 3. The van der Waals surface area contributed by atoms with Crippen LogP contribution in [0, 0.1) is 36.5 Å². The molecule has 7 atom stereocenters. The van der Waals surface area contributed by atoms with Gasteiger partial charge in [-0.25, -0.2) is 0 Å². The molecule has 1 aromatic heterocycles. The van der Waals surface area contributed by atoms with Gasteiger partial charge in [-0.2, -0.15) is 0 Å². The minimum Gasteiger partial charge on any atom is -0.484 e. The van der Waals surface area contributed by atoms with Gasteiger partial charge in [-0.1, -0.05) is 71.5 Å². The molecule has 8 nitrogen and oxygen atoms in total. The largest absolute Gasteiger partial charge is 0.484 e. The molecule has 2 saturated carbocycles. The number of benzene rings is 4. The number of hydrogen-bond acceptors (Lipinski definition) is 7. The lowest BCUT2D eigenvalue weighted by molar-refractivity contribution is -0.123. The zero-order valence-electron chi connectivity index (χ0n) is 25.9. The smallest absolute Gasteiger partial charge is 0.305 e. The fraction of sp³-hybridized carbons (Fsp3) is 0.263. The molecule has 3 fully saturated rings. The predicted octanol–water partition coefficient (Wildman–Crippen LogP) is 6.59. The Balaban J connectivity index is 0.955. The zero-order chi connectivity index (χ0) is 32.7. The highest BCUT2D eigenvalue weighted by Crippen LogP contribution is 2.68. The number of fused-ring (bicyclic) bond motifs is 10. The molecule has 2 aliphatic carbocycles. The molecule has 2 bridgehead atoms. The third kappa shape index (κ3) is 4.64. The first kappa shape index (κ1) is 29.5. The number of carbonyl (C=O) groups is 3. The monoisotopic (exact) mass is 673 g/mol. The van der Waals surface area contributed by atoms with E-state index >= 15 is 0 Å². The fourth-order valence-electron chi connectivity index (χ4n) is 8.72. The minimum absolute atomic E-state index is 0.0366. The number of H-pyrrole nitrogens is 1. The Bertz CT molecular complexity index is 2180. The summed E-state index contributed by atoms with van der Waals surface area (Å²) in [6.45, 7) is 1.85. The molecule has 48 heavy (non-hydrogen) atoms. The van der Waals surface area contributed by atoms with E-state index in [1.54, 1.807) is 11.8 Å². The number of nitrogens with one attached hydrogen (secondary N) is 2. The number of aromatic amines is 1. The van der Waals surface area contributed by atoms with Crippen LogP contribution >= 0.6 is 23.1 Å². The molecular weight excluding hydrogens is 643 g/mol. The van der Waals surface area contributed by atoms with Crippen molar-refractivity contribution in [2.45, 2.75) is 29.5 Å². The van der Waals surface area contributed by atoms with E-state index < -0.39 is 0 Å². The minimum atomic E-state index is -0.353. The van der Waals surface area contributed by atoms with Gasteiger partial charge >= 0.3 is 4.87 Å². The van der Waals surface area contributed by atoms with Crippen LogP contribution < -0.4 is 19.8 Å². The molecule has 9 rings (SSSR count). The van der Waals surface area contributed by atoms with E-state index in [1.807, 2.05) is 97.9 Å². The lowest BCUT2D eigenvalue weighted by atomic mass is 9.68. The highest BCUT2D eigenvalue weighted by molar-refractivity contribution is 8.00. The average Bonchev–Trinajstić information content (AvgIpc) is 3.83. The first-order chi connectivity index (χ1) is 23.3. The van der Waals surface area contributed by atoms with Crippen molar-refractivity contribution in [3.05, 3.63) is 117 Å². The molecule has 0 radical (unpaired) electrons. The topological polar surface area (TPSA) is 109 Å². The SMILES string of the molecule is Cc1ccc(N2C(=O)C3C4CC(C3C2=O)C2C4Sc3[nH]c(=O)sc3[C@@H]2c2ccc(OCC(=O)Nc3ccc4ccccc4c3)cc2)cc1. The Morgan fingerprint density at radius 3 is 2.40 bits per heavy atom. The molecule has 1 saturated heterocycles. The van der Waals surface area contributed by atoms with Crippen LogP contribution in [0.3, 0.4) is 0 Å². The van der Waals surface area contributed by atoms with Gasteiger partial charge < -0.3 is 15.0 Å². The molecule has 0 spiro atoms. The zero-order valence-corrected chi connectivity index (χ0v) is 27.6. The molecule has 2 aliphatic heterocycles. The van der Waals surface area contributed by atoms with Crippen molar-refractivity contribution in [3.63, 3.8) is 0 Å². The first-order valence-electron chi connectivity index (χ1n) is 16.2. The van der Waals surface area contributed by atoms with Crippen molar-refractivity contribution in [1.82, 2.24) is 4.98 Å². The summed E-state index contributed by atoms with van der Waals surface area (Å²) in [6.07, 6.45) is 0.833. The Kier molecular flexibility index (Phi) is 6.88. The van der Waals surface area contributed by atoms with E-state index in [2.05, 4.69) is 10.3 Å². The summed E-state index contributed by atoms with van der Waals surface area (Å²) in [4.78, 5) is 58.5. The Labute approximate surface area is 284 Å². The summed E-state index contributed by atoms with van der Waals surface area (Å²) < 4.78 is 5.87. The van der Waals surface area contributed by atoms with E-state index in [4.69, 9.17) is 4.74 Å². The maximum Gasteiger partial charge on any atom is 0.305 e. The summed E-state index contributed by atoms with van der Waals surface area (Å²) in [7, 11) is 0. The molecule has 6 unspecified atom stereocenters. The lowest BCUT2D eigenvalue weighted by Crippen LogP contribution is -2.42.